The van der Waals surface area contributed by atoms with Gasteiger partial charge in [-0.3, -0.25) is 0 Å². The molecular weight excluding hydrogens is 308 g/mol. The number of fused-ring (bicyclic) bond motifs is 1. The molecule has 0 fully saturated rings. The van der Waals surface area contributed by atoms with Gasteiger partial charge >= 0.3 is 0 Å². The first-order valence-corrected chi connectivity index (χ1v) is 6.73. The van der Waals surface area contributed by atoms with Gasteiger partial charge in [0.2, 0.25) is 0 Å². The van der Waals surface area contributed by atoms with Crippen molar-refractivity contribution in [3.63, 3.8) is 0 Å². The topological polar surface area (TPSA) is 56.5 Å². The third kappa shape index (κ3) is 2.61. The highest BCUT2D eigenvalue weighted by molar-refractivity contribution is 9.10. The summed E-state index contributed by atoms with van der Waals surface area (Å²) >= 11 is 3.41. The second-order valence-electron chi connectivity index (χ2n) is 4.22. The van der Waals surface area contributed by atoms with E-state index in [-0.39, 0.29) is 0 Å². The summed E-state index contributed by atoms with van der Waals surface area (Å²) in [5.41, 5.74) is 8.42. The van der Waals surface area contributed by atoms with Gasteiger partial charge in [-0.1, -0.05) is 15.9 Å². The number of hydrogen-bond acceptors (Lipinski definition) is 4. The third-order valence-electron chi connectivity index (χ3n) is 2.84. The Balaban J connectivity index is 1.90. The molecule has 0 radical (unpaired) electrons. The molecule has 2 aromatic carbocycles. The van der Waals surface area contributed by atoms with E-state index in [0.29, 0.717) is 24.7 Å². The number of nitrogens with two attached hydrogens (primary N) is 1. The molecule has 1 heterocycles. The van der Waals surface area contributed by atoms with Gasteiger partial charge in [0.25, 0.3) is 0 Å². The van der Waals surface area contributed by atoms with Crippen molar-refractivity contribution in [2.24, 2.45) is 0 Å². The summed E-state index contributed by atoms with van der Waals surface area (Å²) < 4.78 is 12.1. The van der Waals surface area contributed by atoms with Gasteiger partial charge in [-0.2, -0.15) is 0 Å². The number of rotatable bonds is 2. The van der Waals surface area contributed by atoms with Crippen LogP contribution in [0.5, 0.6) is 11.5 Å². The van der Waals surface area contributed by atoms with Crippen molar-refractivity contribution in [2.45, 2.75) is 0 Å². The van der Waals surface area contributed by atoms with Crippen LogP contribution >= 0.6 is 15.9 Å². The van der Waals surface area contributed by atoms with Crippen molar-refractivity contribution in [2.75, 3.05) is 24.3 Å². The Hall–Kier alpha value is -1.88. The Bertz CT molecular complexity index is 599. The average Bonchev–Trinajstić information content (AvgIpc) is 2.42. The van der Waals surface area contributed by atoms with E-state index in [1.54, 1.807) is 6.07 Å². The minimum atomic E-state index is 0.561. The number of ether oxygens (including phenoxy) is 2. The molecule has 1 aliphatic heterocycles. The zero-order valence-electron chi connectivity index (χ0n) is 10.2. The lowest BCUT2D eigenvalue weighted by Gasteiger charge is -2.20. The van der Waals surface area contributed by atoms with Gasteiger partial charge in [0.05, 0.1) is 11.4 Å². The van der Waals surface area contributed by atoms with E-state index in [9.17, 15) is 0 Å². The van der Waals surface area contributed by atoms with E-state index in [1.165, 1.54) is 0 Å². The van der Waals surface area contributed by atoms with Gasteiger partial charge in [0.15, 0.2) is 11.5 Å². The molecule has 0 aromatic heterocycles. The Morgan fingerprint density at radius 1 is 1.00 bits per heavy atom. The Morgan fingerprint density at radius 3 is 2.32 bits per heavy atom. The molecule has 0 saturated carbocycles. The number of nitrogen functional groups attached to an aromatic ring is 1. The van der Waals surface area contributed by atoms with Crippen LogP contribution in [-0.2, 0) is 0 Å². The summed E-state index contributed by atoms with van der Waals surface area (Å²) in [6.07, 6.45) is 0. The first-order chi connectivity index (χ1) is 9.22. The van der Waals surface area contributed by atoms with Crippen molar-refractivity contribution >= 4 is 33.0 Å². The lowest BCUT2D eigenvalue weighted by molar-refractivity contribution is 0.172. The van der Waals surface area contributed by atoms with Crippen molar-refractivity contribution in [1.82, 2.24) is 0 Å². The van der Waals surface area contributed by atoms with Crippen LogP contribution in [-0.4, -0.2) is 13.2 Å². The molecule has 0 aliphatic carbocycles. The molecule has 0 bridgehead atoms. The summed E-state index contributed by atoms with van der Waals surface area (Å²) in [4.78, 5) is 0. The molecule has 4 nitrogen and oxygen atoms in total. The van der Waals surface area contributed by atoms with E-state index >= 15 is 0 Å². The predicted molar refractivity (Wildman–Crippen MR) is 79.3 cm³/mol. The molecule has 5 heteroatoms. The van der Waals surface area contributed by atoms with Crippen LogP contribution in [0.4, 0.5) is 17.1 Å². The highest BCUT2D eigenvalue weighted by Gasteiger charge is 2.14. The Morgan fingerprint density at radius 2 is 1.63 bits per heavy atom. The minimum absolute atomic E-state index is 0.561. The molecule has 0 spiro atoms. The summed E-state index contributed by atoms with van der Waals surface area (Å²) in [6.45, 7) is 1.13. The lowest BCUT2D eigenvalue weighted by Crippen LogP contribution is -2.15. The fourth-order valence-electron chi connectivity index (χ4n) is 1.90. The van der Waals surface area contributed by atoms with Crippen LogP contribution in [0.2, 0.25) is 0 Å². The maximum atomic E-state index is 6.02. The molecule has 2 aromatic rings. The second-order valence-corrected chi connectivity index (χ2v) is 5.13. The molecule has 0 saturated heterocycles. The molecule has 0 atom stereocenters. The van der Waals surface area contributed by atoms with Crippen LogP contribution in [0.15, 0.2) is 40.9 Å². The normalized spacial score (nSPS) is 13.1. The van der Waals surface area contributed by atoms with Crippen LogP contribution in [0.1, 0.15) is 0 Å². The molecular formula is C14H13BrN2O2. The van der Waals surface area contributed by atoms with E-state index in [2.05, 4.69) is 21.2 Å². The van der Waals surface area contributed by atoms with Gasteiger partial charge in [0, 0.05) is 22.3 Å². The highest BCUT2D eigenvalue weighted by atomic mass is 79.9. The van der Waals surface area contributed by atoms with E-state index in [4.69, 9.17) is 15.2 Å². The van der Waals surface area contributed by atoms with Crippen LogP contribution in [0.25, 0.3) is 0 Å². The van der Waals surface area contributed by atoms with Crippen LogP contribution < -0.4 is 20.5 Å². The largest absolute Gasteiger partial charge is 0.486 e. The lowest BCUT2D eigenvalue weighted by atomic mass is 10.2. The van der Waals surface area contributed by atoms with Gasteiger partial charge in [-0.25, -0.2) is 0 Å². The van der Waals surface area contributed by atoms with Crippen LogP contribution in [0, 0.1) is 0 Å². The van der Waals surface area contributed by atoms with Gasteiger partial charge in [0.1, 0.15) is 13.2 Å². The molecule has 3 rings (SSSR count). The smallest absolute Gasteiger partial charge is 0.163 e. The van der Waals surface area contributed by atoms with Crippen LogP contribution in [0.3, 0.4) is 0 Å². The van der Waals surface area contributed by atoms with Gasteiger partial charge < -0.3 is 20.5 Å². The Labute approximate surface area is 119 Å². The fourth-order valence-corrected chi connectivity index (χ4v) is 2.17. The number of anilines is 3. The zero-order chi connectivity index (χ0) is 13.2. The molecule has 1 aliphatic rings. The van der Waals surface area contributed by atoms with Crippen molar-refractivity contribution in [1.29, 1.82) is 0 Å². The van der Waals surface area contributed by atoms with Gasteiger partial charge in [-0.15, -0.1) is 0 Å². The average molecular weight is 321 g/mol. The maximum absolute atomic E-state index is 6.02. The number of hydrogen-bond donors (Lipinski definition) is 2. The van der Waals surface area contributed by atoms with E-state index < -0.39 is 0 Å². The first kappa shape index (κ1) is 12.2. The van der Waals surface area contributed by atoms with E-state index in [1.807, 2.05) is 30.3 Å². The first-order valence-electron chi connectivity index (χ1n) is 5.94. The molecule has 98 valence electrons. The van der Waals surface area contributed by atoms with E-state index in [0.717, 1.165) is 21.6 Å². The third-order valence-corrected chi connectivity index (χ3v) is 3.37. The van der Waals surface area contributed by atoms with Crippen molar-refractivity contribution in [3.8, 4) is 11.5 Å². The van der Waals surface area contributed by atoms with Gasteiger partial charge in [-0.05, 0) is 24.3 Å². The SMILES string of the molecule is Nc1cc2c(cc1Nc1ccc(Br)cc1)OCCO2. The zero-order valence-corrected chi connectivity index (χ0v) is 11.7. The summed E-state index contributed by atoms with van der Waals surface area (Å²) in [7, 11) is 0. The predicted octanol–water partition coefficient (Wildman–Crippen LogP) is 3.55. The Kier molecular flexibility index (Phi) is 3.21. The minimum Gasteiger partial charge on any atom is -0.486 e. The molecule has 0 unspecified atom stereocenters. The molecule has 3 N–H and O–H groups in total. The fraction of sp³-hybridized carbons (Fsp3) is 0.143. The second kappa shape index (κ2) is 5.01. The van der Waals surface area contributed by atoms with Crippen molar-refractivity contribution < 1.29 is 9.47 Å². The molecule has 0 amide bonds. The number of benzene rings is 2. The maximum Gasteiger partial charge on any atom is 0.163 e. The summed E-state index contributed by atoms with van der Waals surface area (Å²) in [6, 6.07) is 11.5. The monoisotopic (exact) mass is 320 g/mol. The van der Waals surface area contributed by atoms with Crippen molar-refractivity contribution in [3.05, 3.63) is 40.9 Å². The number of nitrogens with one attached hydrogen (secondary N) is 1. The number of halogens is 1. The summed E-state index contributed by atoms with van der Waals surface area (Å²) in [5.74, 6) is 1.42. The summed E-state index contributed by atoms with van der Waals surface area (Å²) in [5, 5.41) is 3.27. The highest BCUT2D eigenvalue weighted by Crippen LogP contribution is 2.38. The molecule has 19 heavy (non-hydrogen) atoms. The standard InChI is InChI=1S/C14H13BrN2O2/c15-9-1-3-10(4-2-9)17-12-8-14-13(7-11(12)16)18-5-6-19-14/h1-4,7-8,17H,5-6,16H2. The quantitative estimate of drug-likeness (QED) is 0.831.